The zero-order valence-corrected chi connectivity index (χ0v) is 9.62. The first kappa shape index (κ1) is 12.3. The van der Waals surface area contributed by atoms with E-state index in [4.69, 9.17) is 10.00 Å². The van der Waals surface area contributed by atoms with E-state index in [0.717, 1.165) is 12.8 Å². The predicted molar refractivity (Wildman–Crippen MR) is 59.9 cm³/mol. The molecule has 0 atom stereocenters. The SMILES string of the molecule is CC(C)CCCOC(=O)c1ccc(C#N)[nH]1. The number of carbonyl (C=O) groups is 1. The molecule has 0 fully saturated rings. The monoisotopic (exact) mass is 220 g/mol. The molecule has 4 heteroatoms. The Morgan fingerprint density at radius 3 is 2.88 bits per heavy atom. The zero-order valence-electron chi connectivity index (χ0n) is 9.62. The molecule has 0 amide bonds. The van der Waals surface area contributed by atoms with Gasteiger partial charge in [0.1, 0.15) is 17.5 Å². The lowest BCUT2D eigenvalue weighted by Gasteiger charge is -2.05. The number of nitrogens with one attached hydrogen (secondary N) is 1. The summed E-state index contributed by atoms with van der Waals surface area (Å²) in [6.45, 7) is 4.69. The van der Waals surface area contributed by atoms with Crippen molar-refractivity contribution in [1.29, 1.82) is 5.26 Å². The van der Waals surface area contributed by atoms with Crippen molar-refractivity contribution in [3.05, 3.63) is 23.5 Å². The first-order valence-corrected chi connectivity index (χ1v) is 5.39. The average Bonchev–Trinajstić information content (AvgIpc) is 2.72. The standard InChI is InChI=1S/C12H16N2O2/c1-9(2)4-3-7-16-12(15)11-6-5-10(8-13)14-11/h5-6,9,14H,3-4,7H2,1-2H3. The highest BCUT2D eigenvalue weighted by Gasteiger charge is 2.09. The molecule has 0 bridgehead atoms. The van der Waals surface area contributed by atoms with Crippen LogP contribution in [0.3, 0.4) is 0 Å². The molecule has 86 valence electrons. The summed E-state index contributed by atoms with van der Waals surface area (Å²) in [5.41, 5.74) is 0.704. The van der Waals surface area contributed by atoms with Crippen LogP contribution >= 0.6 is 0 Å². The third-order valence-electron chi connectivity index (χ3n) is 2.19. The second-order valence-corrected chi connectivity index (χ2v) is 4.07. The van der Waals surface area contributed by atoms with Gasteiger partial charge in [0.2, 0.25) is 0 Å². The van der Waals surface area contributed by atoms with Gasteiger partial charge in [0, 0.05) is 0 Å². The summed E-state index contributed by atoms with van der Waals surface area (Å²) < 4.78 is 5.06. The number of carbonyl (C=O) groups excluding carboxylic acids is 1. The molecule has 0 spiro atoms. The molecular formula is C12H16N2O2. The summed E-state index contributed by atoms with van der Waals surface area (Å²) in [5.74, 6) is 0.222. The molecule has 16 heavy (non-hydrogen) atoms. The Kier molecular flexibility index (Phi) is 4.59. The van der Waals surface area contributed by atoms with Crippen molar-refractivity contribution >= 4 is 5.97 Å². The van der Waals surface area contributed by atoms with Crippen molar-refractivity contribution < 1.29 is 9.53 Å². The molecule has 0 aromatic carbocycles. The molecule has 1 heterocycles. The van der Waals surface area contributed by atoms with Gasteiger partial charge in [-0.2, -0.15) is 5.26 Å². The van der Waals surface area contributed by atoms with E-state index in [-0.39, 0.29) is 0 Å². The molecule has 4 nitrogen and oxygen atoms in total. The van der Waals surface area contributed by atoms with E-state index in [0.29, 0.717) is 23.9 Å². The van der Waals surface area contributed by atoms with Gasteiger partial charge in [-0.3, -0.25) is 0 Å². The maximum absolute atomic E-state index is 11.5. The molecule has 0 saturated carbocycles. The Balaban J connectivity index is 2.33. The number of hydrogen-bond acceptors (Lipinski definition) is 3. The molecule has 1 rings (SSSR count). The molecule has 0 aliphatic heterocycles. The van der Waals surface area contributed by atoms with Gasteiger partial charge < -0.3 is 9.72 Å². The molecule has 1 aromatic heterocycles. The molecule has 0 radical (unpaired) electrons. The van der Waals surface area contributed by atoms with Crippen molar-refractivity contribution in [2.75, 3.05) is 6.61 Å². The minimum Gasteiger partial charge on any atom is -0.461 e. The summed E-state index contributed by atoms with van der Waals surface area (Å²) in [4.78, 5) is 14.1. The van der Waals surface area contributed by atoms with Crippen LogP contribution in [-0.4, -0.2) is 17.6 Å². The molecular weight excluding hydrogens is 204 g/mol. The lowest BCUT2D eigenvalue weighted by atomic mass is 10.1. The number of H-pyrrole nitrogens is 1. The highest BCUT2D eigenvalue weighted by atomic mass is 16.5. The Morgan fingerprint density at radius 1 is 1.56 bits per heavy atom. The van der Waals surface area contributed by atoms with Crippen LogP contribution in [0, 0.1) is 17.2 Å². The van der Waals surface area contributed by atoms with Crippen LogP contribution in [0.4, 0.5) is 0 Å². The second-order valence-electron chi connectivity index (χ2n) is 4.07. The number of aromatic nitrogens is 1. The van der Waals surface area contributed by atoms with E-state index >= 15 is 0 Å². The van der Waals surface area contributed by atoms with Crippen LogP contribution < -0.4 is 0 Å². The van der Waals surface area contributed by atoms with Crippen molar-refractivity contribution in [3.63, 3.8) is 0 Å². The van der Waals surface area contributed by atoms with E-state index in [1.54, 1.807) is 12.1 Å². The van der Waals surface area contributed by atoms with Gasteiger partial charge in [-0.1, -0.05) is 13.8 Å². The fourth-order valence-corrected chi connectivity index (χ4v) is 1.31. The third kappa shape index (κ3) is 3.77. The van der Waals surface area contributed by atoms with E-state index in [2.05, 4.69) is 18.8 Å². The van der Waals surface area contributed by atoms with Crippen LogP contribution in [0.2, 0.25) is 0 Å². The van der Waals surface area contributed by atoms with Gasteiger partial charge in [0.05, 0.1) is 6.61 Å². The largest absolute Gasteiger partial charge is 0.461 e. The van der Waals surface area contributed by atoms with E-state index < -0.39 is 5.97 Å². The van der Waals surface area contributed by atoms with Gasteiger partial charge >= 0.3 is 5.97 Å². The number of nitriles is 1. The average molecular weight is 220 g/mol. The van der Waals surface area contributed by atoms with E-state index in [1.807, 2.05) is 6.07 Å². The molecule has 0 unspecified atom stereocenters. The summed E-state index contributed by atoms with van der Waals surface area (Å²) in [6, 6.07) is 5.04. The number of nitrogens with zero attached hydrogens (tertiary/aromatic N) is 1. The van der Waals surface area contributed by atoms with Crippen LogP contribution in [0.15, 0.2) is 12.1 Å². The maximum atomic E-state index is 11.5. The molecule has 1 N–H and O–H groups in total. The van der Waals surface area contributed by atoms with Gasteiger partial charge in [-0.05, 0) is 30.9 Å². The number of esters is 1. The number of hydrogen-bond donors (Lipinski definition) is 1. The van der Waals surface area contributed by atoms with Gasteiger partial charge in [-0.15, -0.1) is 0 Å². The van der Waals surface area contributed by atoms with Crippen molar-refractivity contribution in [1.82, 2.24) is 4.98 Å². The first-order valence-electron chi connectivity index (χ1n) is 5.39. The van der Waals surface area contributed by atoms with Crippen LogP contribution in [0.5, 0.6) is 0 Å². The lowest BCUT2D eigenvalue weighted by molar-refractivity contribution is 0.0488. The third-order valence-corrected chi connectivity index (χ3v) is 2.19. The number of rotatable bonds is 5. The normalized spacial score (nSPS) is 10.1. The minimum atomic E-state index is -0.398. The van der Waals surface area contributed by atoms with E-state index in [1.165, 1.54) is 0 Å². The Bertz CT molecular complexity index is 388. The van der Waals surface area contributed by atoms with E-state index in [9.17, 15) is 4.79 Å². The maximum Gasteiger partial charge on any atom is 0.354 e. The fraction of sp³-hybridized carbons (Fsp3) is 0.500. The highest BCUT2D eigenvalue weighted by Crippen LogP contribution is 2.06. The quantitative estimate of drug-likeness (QED) is 0.612. The van der Waals surface area contributed by atoms with Crippen molar-refractivity contribution in [3.8, 4) is 6.07 Å². The molecule has 1 aromatic rings. The van der Waals surface area contributed by atoms with Crippen LogP contribution in [-0.2, 0) is 4.74 Å². The molecule has 0 aliphatic carbocycles. The lowest BCUT2D eigenvalue weighted by Crippen LogP contribution is -2.07. The zero-order chi connectivity index (χ0) is 12.0. The van der Waals surface area contributed by atoms with Gasteiger partial charge in [0.15, 0.2) is 0 Å². The smallest absolute Gasteiger partial charge is 0.354 e. The van der Waals surface area contributed by atoms with Gasteiger partial charge in [0.25, 0.3) is 0 Å². The Labute approximate surface area is 95.2 Å². The molecule has 0 aliphatic rings. The molecule has 0 saturated heterocycles. The van der Waals surface area contributed by atoms with Crippen LogP contribution in [0.1, 0.15) is 42.9 Å². The van der Waals surface area contributed by atoms with Gasteiger partial charge in [-0.25, -0.2) is 4.79 Å². The minimum absolute atomic E-state index is 0.334. The summed E-state index contributed by atoms with van der Waals surface area (Å²) in [6.07, 6.45) is 1.91. The fourth-order valence-electron chi connectivity index (χ4n) is 1.31. The summed E-state index contributed by atoms with van der Waals surface area (Å²) in [7, 11) is 0. The predicted octanol–water partition coefficient (Wildman–Crippen LogP) is 2.48. The Hall–Kier alpha value is -1.76. The first-order chi connectivity index (χ1) is 7.63. The number of aromatic amines is 1. The van der Waals surface area contributed by atoms with Crippen molar-refractivity contribution in [2.24, 2.45) is 5.92 Å². The Morgan fingerprint density at radius 2 is 2.31 bits per heavy atom. The highest BCUT2D eigenvalue weighted by molar-refractivity contribution is 5.87. The number of ether oxygens (including phenoxy) is 1. The second kappa shape index (κ2) is 5.96. The summed E-state index contributed by atoms with van der Waals surface area (Å²) >= 11 is 0. The topological polar surface area (TPSA) is 65.9 Å². The van der Waals surface area contributed by atoms with Crippen LogP contribution in [0.25, 0.3) is 0 Å². The van der Waals surface area contributed by atoms with Crippen molar-refractivity contribution in [2.45, 2.75) is 26.7 Å². The summed E-state index contributed by atoms with van der Waals surface area (Å²) in [5, 5.41) is 8.57.